The van der Waals surface area contributed by atoms with E-state index >= 15 is 0 Å². The van der Waals surface area contributed by atoms with Gasteiger partial charge < -0.3 is 9.88 Å². The number of nitrogens with one attached hydrogen (secondary N) is 2. The lowest BCUT2D eigenvalue weighted by Gasteiger charge is -2.08. The van der Waals surface area contributed by atoms with Crippen LogP contribution < -0.4 is 10.0 Å². The third-order valence-corrected chi connectivity index (χ3v) is 4.31. The molecule has 7 heteroatoms. The summed E-state index contributed by atoms with van der Waals surface area (Å²) in [5.41, 5.74) is 0. The van der Waals surface area contributed by atoms with Crippen LogP contribution in [0.25, 0.3) is 0 Å². The number of nitrogens with zero attached hydrogens (tertiary/aromatic N) is 2. The first-order chi connectivity index (χ1) is 8.08. The predicted octanol–water partition coefficient (Wildman–Crippen LogP) is -0.302. The lowest BCUT2D eigenvalue weighted by atomic mass is 10.1. The number of hydrogen-bond donors (Lipinski definition) is 2. The SMILES string of the molecule is Cn1cnc(S(=O)(=O)NCCC2CCNC2)c1. The Labute approximate surface area is 101 Å². The molecule has 1 unspecified atom stereocenters. The van der Waals surface area contributed by atoms with Gasteiger partial charge in [-0.2, -0.15) is 0 Å². The highest BCUT2D eigenvalue weighted by molar-refractivity contribution is 7.89. The second-order valence-electron chi connectivity index (χ2n) is 4.42. The third-order valence-electron chi connectivity index (χ3n) is 2.96. The van der Waals surface area contributed by atoms with Crippen molar-refractivity contribution in [3.63, 3.8) is 0 Å². The van der Waals surface area contributed by atoms with E-state index in [9.17, 15) is 8.42 Å². The van der Waals surface area contributed by atoms with E-state index in [2.05, 4.69) is 15.0 Å². The summed E-state index contributed by atoms with van der Waals surface area (Å²) < 4.78 is 27.8. The van der Waals surface area contributed by atoms with Crippen molar-refractivity contribution in [1.29, 1.82) is 0 Å². The summed E-state index contributed by atoms with van der Waals surface area (Å²) in [4.78, 5) is 3.84. The molecule has 1 saturated heterocycles. The normalized spacial score (nSPS) is 20.9. The zero-order valence-electron chi connectivity index (χ0n) is 9.89. The number of aromatic nitrogens is 2. The molecule has 1 aromatic heterocycles. The molecule has 17 heavy (non-hydrogen) atoms. The van der Waals surface area contributed by atoms with Gasteiger partial charge in [-0.1, -0.05) is 0 Å². The van der Waals surface area contributed by atoms with Crippen molar-refractivity contribution in [2.24, 2.45) is 13.0 Å². The van der Waals surface area contributed by atoms with Crippen molar-refractivity contribution < 1.29 is 8.42 Å². The highest BCUT2D eigenvalue weighted by Crippen LogP contribution is 2.11. The zero-order chi connectivity index (χ0) is 12.3. The summed E-state index contributed by atoms with van der Waals surface area (Å²) in [5.74, 6) is 0.585. The van der Waals surface area contributed by atoms with Crippen LogP contribution in [0.1, 0.15) is 12.8 Å². The molecule has 2 N–H and O–H groups in total. The first-order valence-corrected chi connectivity index (χ1v) is 7.24. The van der Waals surface area contributed by atoms with E-state index in [4.69, 9.17) is 0 Å². The molecular formula is C10H18N4O2S. The van der Waals surface area contributed by atoms with Crippen LogP contribution >= 0.6 is 0 Å². The standard InChI is InChI=1S/C10H18N4O2S/c1-14-7-10(12-8-14)17(15,16)13-5-3-9-2-4-11-6-9/h7-9,11,13H,2-6H2,1H3. The molecule has 0 amide bonds. The monoisotopic (exact) mass is 258 g/mol. The molecule has 2 rings (SSSR count). The molecule has 2 heterocycles. The van der Waals surface area contributed by atoms with Crippen LogP contribution in [-0.2, 0) is 17.1 Å². The molecule has 1 aliphatic heterocycles. The number of sulfonamides is 1. The maximum Gasteiger partial charge on any atom is 0.259 e. The van der Waals surface area contributed by atoms with E-state index in [1.165, 1.54) is 12.5 Å². The Morgan fingerprint density at radius 3 is 3.06 bits per heavy atom. The maximum absolute atomic E-state index is 11.8. The van der Waals surface area contributed by atoms with Crippen LogP contribution in [0, 0.1) is 5.92 Å². The Morgan fingerprint density at radius 2 is 2.47 bits per heavy atom. The fraction of sp³-hybridized carbons (Fsp3) is 0.700. The van der Waals surface area contributed by atoms with Gasteiger partial charge in [-0.15, -0.1) is 0 Å². The number of aryl methyl sites for hydroxylation is 1. The maximum atomic E-state index is 11.8. The topological polar surface area (TPSA) is 76.0 Å². The van der Waals surface area contributed by atoms with Crippen LogP contribution in [0.15, 0.2) is 17.6 Å². The Hall–Kier alpha value is -0.920. The Kier molecular flexibility index (Phi) is 3.80. The van der Waals surface area contributed by atoms with Gasteiger partial charge in [0.15, 0.2) is 5.03 Å². The van der Waals surface area contributed by atoms with Crippen molar-refractivity contribution in [2.75, 3.05) is 19.6 Å². The molecule has 0 saturated carbocycles. The molecule has 1 fully saturated rings. The molecule has 0 bridgehead atoms. The van der Waals surface area contributed by atoms with Gasteiger partial charge in [-0.3, -0.25) is 0 Å². The molecule has 1 atom stereocenters. The third kappa shape index (κ3) is 3.27. The molecule has 0 aromatic carbocycles. The average molecular weight is 258 g/mol. The Morgan fingerprint density at radius 1 is 1.65 bits per heavy atom. The molecule has 96 valence electrons. The van der Waals surface area contributed by atoms with Crippen LogP contribution in [0.5, 0.6) is 0 Å². The first-order valence-electron chi connectivity index (χ1n) is 5.76. The molecule has 1 aliphatic rings. The van der Waals surface area contributed by atoms with E-state index in [1.807, 2.05) is 0 Å². The van der Waals surface area contributed by atoms with Crippen molar-refractivity contribution in [1.82, 2.24) is 19.6 Å². The van der Waals surface area contributed by atoms with Crippen molar-refractivity contribution >= 4 is 10.0 Å². The minimum Gasteiger partial charge on any atom is -0.339 e. The number of imidazole rings is 1. The van der Waals surface area contributed by atoms with Crippen LogP contribution in [-0.4, -0.2) is 37.6 Å². The lowest BCUT2D eigenvalue weighted by molar-refractivity contribution is 0.518. The van der Waals surface area contributed by atoms with Crippen molar-refractivity contribution in [2.45, 2.75) is 17.9 Å². The van der Waals surface area contributed by atoms with Crippen molar-refractivity contribution in [3.8, 4) is 0 Å². The van der Waals surface area contributed by atoms with Gasteiger partial charge in [0.25, 0.3) is 10.0 Å². The van der Waals surface area contributed by atoms with Crippen molar-refractivity contribution in [3.05, 3.63) is 12.5 Å². The lowest BCUT2D eigenvalue weighted by Crippen LogP contribution is -2.27. The quantitative estimate of drug-likeness (QED) is 0.760. The molecular weight excluding hydrogens is 240 g/mol. The fourth-order valence-electron chi connectivity index (χ4n) is 1.96. The summed E-state index contributed by atoms with van der Waals surface area (Å²) in [6.07, 6.45) is 4.99. The largest absolute Gasteiger partial charge is 0.339 e. The first kappa shape index (κ1) is 12.5. The van der Waals surface area contributed by atoms with E-state index in [-0.39, 0.29) is 5.03 Å². The highest BCUT2D eigenvalue weighted by Gasteiger charge is 2.18. The molecule has 1 aromatic rings. The number of hydrogen-bond acceptors (Lipinski definition) is 4. The van der Waals surface area contributed by atoms with Gasteiger partial charge in [-0.25, -0.2) is 18.1 Å². The van der Waals surface area contributed by atoms with Gasteiger partial charge in [0.2, 0.25) is 0 Å². The van der Waals surface area contributed by atoms with Gasteiger partial charge in [0.1, 0.15) is 0 Å². The fourth-order valence-corrected chi connectivity index (χ4v) is 2.99. The summed E-state index contributed by atoms with van der Waals surface area (Å²) >= 11 is 0. The van der Waals surface area contributed by atoms with E-state index in [0.717, 1.165) is 25.9 Å². The van der Waals surface area contributed by atoms with E-state index in [1.54, 1.807) is 11.6 Å². The van der Waals surface area contributed by atoms with Gasteiger partial charge in [0.05, 0.1) is 6.33 Å². The molecule has 0 spiro atoms. The predicted molar refractivity (Wildman–Crippen MR) is 64.0 cm³/mol. The smallest absolute Gasteiger partial charge is 0.259 e. The molecule has 0 aliphatic carbocycles. The van der Waals surface area contributed by atoms with Gasteiger partial charge in [-0.05, 0) is 31.8 Å². The van der Waals surface area contributed by atoms with Crippen LogP contribution in [0.4, 0.5) is 0 Å². The second kappa shape index (κ2) is 5.16. The summed E-state index contributed by atoms with van der Waals surface area (Å²) in [7, 11) is -1.69. The second-order valence-corrected chi connectivity index (χ2v) is 6.14. The molecule has 0 radical (unpaired) electrons. The van der Waals surface area contributed by atoms with Gasteiger partial charge in [0, 0.05) is 19.8 Å². The number of rotatable bonds is 5. The minimum atomic E-state index is -3.43. The van der Waals surface area contributed by atoms with E-state index in [0.29, 0.717) is 12.5 Å². The van der Waals surface area contributed by atoms with Gasteiger partial charge >= 0.3 is 0 Å². The van der Waals surface area contributed by atoms with E-state index < -0.39 is 10.0 Å². The van der Waals surface area contributed by atoms with Crippen LogP contribution in [0.2, 0.25) is 0 Å². The Bertz CT molecular complexity index is 462. The zero-order valence-corrected chi connectivity index (χ0v) is 10.7. The summed E-state index contributed by atoms with van der Waals surface area (Å²) in [5, 5.41) is 3.35. The Balaban J connectivity index is 1.85. The summed E-state index contributed by atoms with van der Waals surface area (Å²) in [6, 6.07) is 0. The highest BCUT2D eigenvalue weighted by atomic mass is 32.2. The minimum absolute atomic E-state index is 0.0875. The van der Waals surface area contributed by atoms with Crippen LogP contribution in [0.3, 0.4) is 0 Å². The molecule has 6 nitrogen and oxygen atoms in total. The summed E-state index contributed by atoms with van der Waals surface area (Å²) in [6.45, 7) is 2.51. The average Bonchev–Trinajstić information content (AvgIpc) is 2.89.